The van der Waals surface area contributed by atoms with Gasteiger partial charge in [0.2, 0.25) is 0 Å². The first-order chi connectivity index (χ1) is 21.5. The van der Waals surface area contributed by atoms with Crippen molar-refractivity contribution in [3.05, 3.63) is 56.2 Å². The van der Waals surface area contributed by atoms with Crippen molar-refractivity contribution in [2.75, 3.05) is 50.8 Å². The molecule has 2 fully saturated rings. The van der Waals surface area contributed by atoms with Gasteiger partial charge in [-0.05, 0) is 51.4 Å². The number of anilines is 1. The molecule has 5 rings (SSSR count). The summed E-state index contributed by atoms with van der Waals surface area (Å²) in [5.74, 6) is 0.218. The van der Waals surface area contributed by atoms with Gasteiger partial charge in [-0.2, -0.15) is 13.2 Å². The van der Waals surface area contributed by atoms with Gasteiger partial charge in [-0.3, -0.25) is 19.4 Å². The molecule has 2 saturated heterocycles. The molecule has 14 heteroatoms. The Morgan fingerprint density at radius 1 is 1.09 bits per heavy atom. The second-order valence-electron chi connectivity index (χ2n) is 11.3. The fourth-order valence-electron chi connectivity index (χ4n) is 5.65. The van der Waals surface area contributed by atoms with E-state index in [1.165, 1.54) is 17.5 Å². The highest BCUT2D eigenvalue weighted by molar-refractivity contribution is 9.10. The molecule has 1 aromatic carbocycles. The van der Waals surface area contributed by atoms with Crippen molar-refractivity contribution in [3.63, 3.8) is 0 Å². The monoisotopic (exact) mass is 708 g/mol. The number of carbonyl (C=O) groups is 2. The molecule has 2 aliphatic rings. The van der Waals surface area contributed by atoms with Crippen LogP contribution >= 0.6 is 27.3 Å². The third-order valence-corrected chi connectivity index (χ3v) is 9.64. The minimum absolute atomic E-state index is 0.0273. The van der Waals surface area contributed by atoms with Gasteiger partial charge in [0.1, 0.15) is 16.5 Å². The fraction of sp³-hybridized carbons (Fsp3) is 0.516. The van der Waals surface area contributed by atoms with Crippen molar-refractivity contribution < 1.29 is 27.5 Å². The summed E-state index contributed by atoms with van der Waals surface area (Å²) in [6, 6.07) is 4.17. The highest BCUT2D eigenvalue weighted by atomic mass is 79.9. The molecule has 1 atom stereocenters. The lowest BCUT2D eigenvalue weighted by Crippen LogP contribution is -2.47. The molecule has 0 spiro atoms. The van der Waals surface area contributed by atoms with Crippen molar-refractivity contribution in [3.8, 4) is 11.3 Å². The van der Waals surface area contributed by atoms with E-state index in [4.69, 9.17) is 9.72 Å². The number of piperazine rings is 1. The molecule has 0 N–H and O–H groups in total. The maximum atomic E-state index is 13.6. The molecule has 4 heterocycles. The van der Waals surface area contributed by atoms with Crippen molar-refractivity contribution in [2.24, 2.45) is 0 Å². The summed E-state index contributed by atoms with van der Waals surface area (Å²) in [5.41, 5.74) is 0.279. The summed E-state index contributed by atoms with van der Waals surface area (Å²) < 4.78 is 46.2. The van der Waals surface area contributed by atoms with Crippen LogP contribution in [-0.4, -0.2) is 88.4 Å². The van der Waals surface area contributed by atoms with E-state index < -0.39 is 11.7 Å². The molecule has 2 aromatic heterocycles. The molecule has 0 aliphatic carbocycles. The number of aromatic nitrogens is 3. The molecule has 2 aliphatic heterocycles. The smallest absolute Gasteiger partial charge is 0.416 e. The number of Topliss-reactive ketones (excluding diaryl/α,β-unsaturated/α-hetero) is 1. The predicted molar refractivity (Wildman–Crippen MR) is 169 cm³/mol. The average Bonchev–Trinajstić information content (AvgIpc) is 3.61. The molecular formula is C31H36BrF3N6O3S. The van der Waals surface area contributed by atoms with Crippen LogP contribution in [-0.2, 0) is 28.7 Å². The van der Waals surface area contributed by atoms with Crippen LogP contribution in [0, 0.1) is 0 Å². The Morgan fingerprint density at radius 3 is 2.51 bits per heavy atom. The Labute approximate surface area is 272 Å². The zero-order chi connectivity index (χ0) is 32.1. The second kappa shape index (κ2) is 14.7. The van der Waals surface area contributed by atoms with E-state index in [0.29, 0.717) is 58.7 Å². The number of esters is 1. The van der Waals surface area contributed by atoms with Crippen LogP contribution in [0.25, 0.3) is 11.3 Å². The number of hydrogen-bond acceptors (Lipinski definition) is 10. The van der Waals surface area contributed by atoms with E-state index >= 15 is 0 Å². The first-order valence-electron chi connectivity index (χ1n) is 15.1. The van der Waals surface area contributed by atoms with Gasteiger partial charge in [0.15, 0.2) is 5.78 Å². The third-order valence-electron chi connectivity index (χ3n) is 8.15. The minimum atomic E-state index is -4.50. The number of hydrogen-bond donors (Lipinski definition) is 0. The van der Waals surface area contributed by atoms with Gasteiger partial charge in [0.25, 0.3) is 0 Å². The lowest BCUT2D eigenvalue weighted by molar-refractivity contribution is -0.143. The van der Waals surface area contributed by atoms with E-state index in [-0.39, 0.29) is 23.9 Å². The normalized spacial score (nSPS) is 18.0. The summed E-state index contributed by atoms with van der Waals surface area (Å²) in [6.45, 7) is 9.41. The van der Waals surface area contributed by atoms with Gasteiger partial charge in [-0.15, -0.1) is 11.3 Å². The van der Waals surface area contributed by atoms with Gasteiger partial charge in [0.05, 0.1) is 43.1 Å². The Balaban J connectivity index is 1.27. The van der Waals surface area contributed by atoms with Crippen LogP contribution in [0.4, 0.5) is 19.0 Å². The minimum Gasteiger partial charge on any atom is -0.466 e. The number of benzene rings is 1. The predicted octanol–water partition coefficient (Wildman–Crippen LogP) is 5.87. The zero-order valence-electron chi connectivity index (χ0n) is 25.3. The van der Waals surface area contributed by atoms with Crippen LogP contribution in [0.15, 0.2) is 35.1 Å². The molecule has 0 saturated carbocycles. The van der Waals surface area contributed by atoms with Crippen LogP contribution < -0.4 is 4.90 Å². The van der Waals surface area contributed by atoms with Gasteiger partial charge in [0, 0.05) is 60.2 Å². The maximum absolute atomic E-state index is 13.6. The van der Waals surface area contributed by atoms with E-state index in [9.17, 15) is 22.8 Å². The average molecular weight is 710 g/mol. The number of ether oxygens (including phenoxy) is 1. The summed E-state index contributed by atoms with van der Waals surface area (Å²) in [4.78, 5) is 45.9. The van der Waals surface area contributed by atoms with E-state index in [2.05, 4.69) is 47.5 Å². The molecule has 0 radical (unpaired) electrons. The second-order valence-corrected chi connectivity index (χ2v) is 13.4. The number of nitrogens with zero attached hydrogens (tertiary/aromatic N) is 6. The Bertz CT molecular complexity index is 1490. The molecule has 9 nitrogen and oxygen atoms in total. The standard InChI is InChI=1S/C31H36BrF3N6O3S/c1-3-44-29(43)6-8-39-9-11-40(12-10-39)27-18-36-24(17-37-27)25(42)16-28-38-30(26(45-28)19-41-7-4-5-20(41)2)21-13-22(31(33,34)35)15-23(32)14-21/h13-15,17-18,20H,3-12,16,19H2,1-2H3/t20-/m1/s1. The van der Waals surface area contributed by atoms with E-state index in [1.54, 1.807) is 19.2 Å². The number of rotatable bonds is 11. The Kier molecular flexibility index (Phi) is 10.9. The first kappa shape index (κ1) is 33.4. The Hall–Kier alpha value is -2.94. The summed E-state index contributed by atoms with van der Waals surface area (Å²) in [5, 5.41) is 0.523. The molecule has 0 bridgehead atoms. The van der Waals surface area contributed by atoms with Gasteiger partial charge in [-0.1, -0.05) is 15.9 Å². The van der Waals surface area contributed by atoms with E-state index in [1.807, 2.05) is 0 Å². The SMILES string of the molecule is CCOC(=O)CCN1CCN(c2cnc(C(=O)Cc3nc(-c4cc(Br)cc(C(F)(F)F)c4)c(CN4CCC[C@H]4C)s3)cn2)CC1. The largest absolute Gasteiger partial charge is 0.466 e. The summed E-state index contributed by atoms with van der Waals surface area (Å²) >= 11 is 4.59. The molecule has 3 aromatic rings. The maximum Gasteiger partial charge on any atom is 0.416 e. The lowest BCUT2D eigenvalue weighted by Gasteiger charge is -2.35. The highest BCUT2D eigenvalue weighted by Gasteiger charge is 2.32. The molecule has 0 unspecified atom stereocenters. The number of alkyl halides is 3. The fourth-order valence-corrected chi connectivity index (χ4v) is 7.26. The number of likely N-dealkylation sites (tertiary alicyclic amines) is 1. The Morgan fingerprint density at radius 2 is 1.87 bits per heavy atom. The topological polar surface area (TPSA) is 91.8 Å². The lowest BCUT2D eigenvalue weighted by atomic mass is 10.1. The zero-order valence-corrected chi connectivity index (χ0v) is 27.7. The number of ketones is 1. The van der Waals surface area contributed by atoms with Gasteiger partial charge >= 0.3 is 12.1 Å². The highest BCUT2D eigenvalue weighted by Crippen LogP contribution is 2.38. The molecular weight excluding hydrogens is 673 g/mol. The first-order valence-corrected chi connectivity index (χ1v) is 16.7. The van der Waals surface area contributed by atoms with E-state index in [0.717, 1.165) is 62.6 Å². The molecule has 45 heavy (non-hydrogen) atoms. The van der Waals surface area contributed by atoms with Crippen LogP contribution in [0.3, 0.4) is 0 Å². The van der Waals surface area contributed by atoms with Crippen LogP contribution in [0.5, 0.6) is 0 Å². The summed E-state index contributed by atoms with van der Waals surface area (Å²) in [7, 11) is 0. The number of carbonyl (C=O) groups excluding carboxylic acids is 2. The van der Waals surface area contributed by atoms with Crippen molar-refractivity contribution in [2.45, 2.75) is 58.3 Å². The molecule has 242 valence electrons. The summed E-state index contributed by atoms with van der Waals surface area (Å²) in [6.07, 6.45) is 1.02. The van der Waals surface area contributed by atoms with Crippen LogP contribution in [0.1, 0.15) is 59.0 Å². The molecule has 0 amide bonds. The number of halogens is 4. The number of thiazole rings is 1. The third kappa shape index (κ3) is 8.66. The van der Waals surface area contributed by atoms with Crippen LogP contribution in [0.2, 0.25) is 0 Å². The van der Waals surface area contributed by atoms with Gasteiger partial charge < -0.3 is 9.64 Å². The van der Waals surface area contributed by atoms with Gasteiger partial charge in [-0.25, -0.2) is 15.0 Å². The van der Waals surface area contributed by atoms with Crippen molar-refractivity contribution >= 4 is 44.8 Å². The quantitative estimate of drug-likeness (QED) is 0.179. The van der Waals surface area contributed by atoms with Crippen molar-refractivity contribution in [1.29, 1.82) is 0 Å². The van der Waals surface area contributed by atoms with Crippen molar-refractivity contribution in [1.82, 2.24) is 24.8 Å².